The molecule has 2 rings (SSSR count). The van der Waals surface area contributed by atoms with Crippen molar-refractivity contribution >= 4 is 17.6 Å². The first-order chi connectivity index (χ1) is 10.7. The van der Waals surface area contributed by atoms with Crippen molar-refractivity contribution in [3.05, 3.63) is 29.3 Å². The van der Waals surface area contributed by atoms with Crippen LogP contribution in [0.15, 0.2) is 18.2 Å². The largest absolute Gasteiger partial charge is 0.481 e. The summed E-state index contributed by atoms with van der Waals surface area (Å²) in [5.41, 5.74) is 2.30. The summed E-state index contributed by atoms with van der Waals surface area (Å²) in [5, 5.41) is 12.3. The lowest BCUT2D eigenvalue weighted by Gasteiger charge is -2.37. The topological polar surface area (TPSA) is 66.4 Å². The summed E-state index contributed by atoms with van der Waals surface area (Å²) >= 11 is 0. The lowest BCUT2D eigenvalue weighted by molar-refractivity contribution is -0.157. The molecule has 1 aliphatic rings. The first kappa shape index (κ1) is 17.5. The summed E-state index contributed by atoms with van der Waals surface area (Å²) in [6.45, 7) is 8.48. The van der Waals surface area contributed by atoms with E-state index in [9.17, 15) is 14.7 Å². The molecule has 0 aliphatic heterocycles. The third-order valence-electron chi connectivity index (χ3n) is 4.90. The van der Waals surface area contributed by atoms with Crippen LogP contribution in [0, 0.1) is 5.41 Å². The van der Waals surface area contributed by atoms with Crippen molar-refractivity contribution in [2.75, 3.05) is 5.32 Å². The summed E-state index contributed by atoms with van der Waals surface area (Å²) in [6.07, 6.45) is 2.14. The van der Waals surface area contributed by atoms with E-state index in [1.54, 1.807) is 0 Å². The minimum absolute atomic E-state index is 0.0613. The monoisotopic (exact) mass is 317 g/mol. The van der Waals surface area contributed by atoms with Crippen LogP contribution in [0.1, 0.15) is 76.3 Å². The number of aliphatic carboxylic acids is 1. The Morgan fingerprint density at radius 3 is 2.26 bits per heavy atom. The van der Waals surface area contributed by atoms with Crippen LogP contribution in [0.2, 0.25) is 0 Å². The molecule has 2 N–H and O–H groups in total. The van der Waals surface area contributed by atoms with E-state index in [0.717, 1.165) is 17.7 Å². The Balaban J connectivity index is 2.16. The van der Waals surface area contributed by atoms with E-state index in [1.807, 2.05) is 12.1 Å². The first-order valence-corrected chi connectivity index (χ1v) is 8.42. The molecule has 0 unspecified atom stereocenters. The number of nitrogens with one attached hydrogen (secondary N) is 1. The van der Waals surface area contributed by atoms with Crippen LogP contribution in [0.4, 0.5) is 5.69 Å². The van der Waals surface area contributed by atoms with Crippen LogP contribution in [0.25, 0.3) is 0 Å². The maximum Gasteiger partial charge on any atom is 0.310 e. The second-order valence-corrected chi connectivity index (χ2v) is 7.32. The van der Waals surface area contributed by atoms with Crippen molar-refractivity contribution in [3.63, 3.8) is 0 Å². The molecular formula is C19H27NO3. The van der Waals surface area contributed by atoms with Gasteiger partial charge in [0.05, 0.1) is 5.41 Å². The van der Waals surface area contributed by atoms with Crippen molar-refractivity contribution in [1.29, 1.82) is 0 Å². The van der Waals surface area contributed by atoms with Gasteiger partial charge in [-0.05, 0) is 41.9 Å². The molecular weight excluding hydrogens is 290 g/mol. The number of hydrogen-bond acceptors (Lipinski definition) is 2. The normalized spacial score (nSPS) is 16.3. The summed E-state index contributed by atoms with van der Waals surface area (Å²) in [6, 6.07) is 6.11. The highest BCUT2D eigenvalue weighted by Gasteiger charge is 2.45. The van der Waals surface area contributed by atoms with Crippen LogP contribution in [-0.2, 0) is 9.59 Å². The van der Waals surface area contributed by atoms with Gasteiger partial charge < -0.3 is 10.4 Å². The fourth-order valence-electron chi connectivity index (χ4n) is 3.10. The fraction of sp³-hybridized carbons (Fsp3) is 0.579. The van der Waals surface area contributed by atoms with Crippen LogP contribution in [0.3, 0.4) is 0 Å². The number of benzene rings is 1. The van der Waals surface area contributed by atoms with Crippen LogP contribution in [-0.4, -0.2) is 17.0 Å². The predicted octanol–water partition coefficient (Wildman–Crippen LogP) is 4.52. The first-order valence-electron chi connectivity index (χ1n) is 8.42. The molecule has 23 heavy (non-hydrogen) atoms. The molecule has 0 saturated heterocycles. The second kappa shape index (κ2) is 6.73. The lowest BCUT2D eigenvalue weighted by atomic mass is 9.66. The van der Waals surface area contributed by atoms with E-state index < -0.39 is 11.4 Å². The molecule has 0 aromatic heterocycles. The van der Waals surface area contributed by atoms with E-state index in [1.165, 1.54) is 5.56 Å². The summed E-state index contributed by atoms with van der Waals surface area (Å²) in [5.74, 6) is -0.326. The molecule has 0 bridgehead atoms. The van der Waals surface area contributed by atoms with Crippen molar-refractivity contribution in [3.8, 4) is 0 Å². The molecule has 4 heteroatoms. The molecule has 1 saturated carbocycles. The number of hydrogen-bond donors (Lipinski definition) is 2. The molecule has 1 amide bonds. The van der Waals surface area contributed by atoms with Crippen LogP contribution < -0.4 is 5.32 Å². The number of amides is 1. The molecule has 0 atom stereocenters. The quantitative estimate of drug-likeness (QED) is 0.811. The van der Waals surface area contributed by atoms with Gasteiger partial charge in [-0.25, -0.2) is 0 Å². The molecule has 1 aliphatic carbocycles. The zero-order chi connectivity index (χ0) is 17.2. The number of carboxylic acids is 1. The highest BCUT2D eigenvalue weighted by atomic mass is 16.4. The van der Waals surface area contributed by atoms with E-state index in [2.05, 4.69) is 39.1 Å². The van der Waals surface area contributed by atoms with Crippen molar-refractivity contribution in [2.24, 2.45) is 5.41 Å². The lowest BCUT2D eigenvalue weighted by Crippen LogP contribution is -2.41. The van der Waals surface area contributed by atoms with Gasteiger partial charge >= 0.3 is 5.97 Å². The third kappa shape index (κ3) is 3.74. The summed E-state index contributed by atoms with van der Waals surface area (Å²) in [4.78, 5) is 23.8. The maximum atomic E-state index is 12.3. The molecule has 0 radical (unpaired) electrons. The third-order valence-corrected chi connectivity index (χ3v) is 4.90. The highest BCUT2D eigenvalue weighted by Crippen LogP contribution is 2.44. The van der Waals surface area contributed by atoms with Gasteiger partial charge in [0.2, 0.25) is 5.91 Å². The van der Waals surface area contributed by atoms with Crippen LogP contribution >= 0.6 is 0 Å². The number of carboxylic acid groups (broad SMARTS) is 1. The Morgan fingerprint density at radius 2 is 1.83 bits per heavy atom. The average molecular weight is 317 g/mol. The number of anilines is 1. The maximum absolute atomic E-state index is 12.3. The Hall–Kier alpha value is -1.84. The second-order valence-electron chi connectivity index (χ2n) is 7.32. The van der Waals surface area contributed by atoms with Gasteiger partial charge in [0.1, 0.15) is 0 Å². The SMILES string of the molecule is CC(C)c1ccc(NC(=O)CC2(C(=O)O)CCC2)c(C(C)C)c1. The fourth-order valence-corrected chi connectivity index (χ4v) is 3.10. The molecule has 0 heterocycles. The van der Waals surface area contributed by atoms with Gasteiger partial charge in [-0.1, -0.05) is 46.2 Å². The minimum atomic E-state index is -0.849. The van der Waals surface area contributed by atoms with E-state index in [-0.39, 0.29) is 12.3 Å². The van der Waals surface area contributed by atoms with E-state index in [4.69, 9.17) is 0 Å². The van der Waals surface area contributed by atoms with Gasteiger partial charge in [0.15, 0.2) is 0 Å². The van der Waals surface area contributed by atoms with Gasteiger partial charge in [0, 0.05) is 12.1 Å². The van der Waals surface area contributed by atoms with Crippen molar-refractivity contribution < 1.29 is 14.7 Å². The standard InChI is InChI=1S/C19H27NO3/c1-12(2)14-6-7-16(15(10-14)13(3)4)20-17(21)11-19(18(22)23)8-5-9-19/h6-7,10,12-13H,5,8-9,11H2,1-4H3,(H,20,21)(H,22,23). The number of carbonyl (C=O) groups is 2. The Kier molecular flexibility index (Phi) is 5.12. The summed E-state index contributed by atoms with van der Waals surface area (Å²) in [7, 11) is 0. The van der Waals surface area contributed by atoms with E-state index >= 15 is 0 Å². The van der Waals surface area contributed by atoms with E-state index in [0.29, 0.717) is 24.7 Å². The molecule has 1 fully saturated rings. The Bertz CT molecular complexity index is 601. The zero-order valence-corrected chi connectivity index (χ0v) is 14.5. The van der Waals surface area contributed by atoms with Gasteiger partial charge in [-0.15, -0.1) is 0 Å². The molecule has 1 aromatic rings. The average Bonchev–Trinajstić information content (AvgIpc) is 2.42. The smallest absolute Gasteiger partial charge is 0.310 e. The van der Waals surface area contributed by atoms with Crippen molar-refractivity contribution in [2.45, 2.75) is 65.2 Å². The Morgan fingerprint density at radius 1 is 1.17 bits per heavy atom. The van der Waals surface area contributed by atoms with Gasteiger partial charge in [-0.2, -0.15) is 0 Å². The van der Waals surface area contributed by atoms with Crippen LogP contribution in [0.5, 0.6) is 0 Å². The number of carbonyl (C=O) groups excluding carboxylic acids is 1. The Labute approximate surface area is 138 Å². The molecule has 0 spiro atoms. The molecule has 1 aromatic carbocycles. The van der Waals surface area contributed by atoms with Gasteiger partial charge in [0.25, 0.3) is 0 Å². The summed E-state index contributed by atoms with van der Waals surface area (Å²) < 4.78 is 0. The molecule has 4 nitrogen and oxygen atoms in total. The number of rotatable bonds is 6. The molecule has 126 valence electrons. The van der Waals surface area contributed by atoms with Gasteiger partial charge in [-0.3, -0.25) is 9.59 Å². The minimum Gasteiger partial charge on any atom is -0.481 e. The van der Waals surface area contributed by atoms with Crippen molar-refractivity contribution in [1.82, 2.24) is 0 Å². The predicted molar refractivity (Wildman–Crippen MR) is 91.8 cm³/mol. The zero-order valence-electron chi connectivity index (χ0n) is 14.5. The highest BCUT2D eigenvalue weighted by molar-refractivity contribution is 5.95.